The zero-order chi connectivity index (χ0) is 10.7. The van der Waals surface area contributed by atoms with Crippen LogP contribution in [0.1, 0.15) is 18.1 Å². The van der Waals surface area contributed by atoms with Gasteiger partial charge in [-0.1, -0.05) is 13.0 Å². The molecule has 3 heteroatoms. The monoisotopic (exact) mass is 220 g/mol. The highest BCUT2D eigenvalue weighted by Gasteiger charge is 2.03. The van der Waals surface area contributed by atoms with Gasteiger partial charge in [0.25, 0.3) is 0 Å². The first kappa shape index (κ1) is 10.6. The number of nitrogens with one attached hydrogen (secondary N) is 1. The second kappa shape index (κ2) is 4.75. The Balaban J connectivity index is 2.38. The number of hydrogen-bond donors (Lipinski definition) is 2. The summed E-state index contributed by atoms with van der Waals surface area (Å²) in [5.41, 5.74) is 8.24. The molecule has 0 atom stereocenters. The first-order chi connectivity index (χ1) is 7.35. The molecule has 0 bridgehead atoms. The van der Waals surface area contributed by atoms with Crippen molar-refractivity contribution in [3.05, 3.63) is 34.7 Å². The first-order valence-electron chi connectivity index (χ1n) is 5.25. The van der Waals surface area contributed by atoms with E-state index < -0.39 is 0 Å². The topological polar surface area (TPSA) is 38.0 Å². The Morgan fingerprint density at radius 3 is 3.00 bits per heavy atom. The highest BCUT2D eigenvalue weighted by atomic mass is 32.1. The van der Waals surface area contributed by atoms with E-state index in [9.17, 15) is 0 Å². The van der Waals surface area contributed by atoms with Crippen LogP contribution in [-0.2, 0) is 13.1 Å². The van der Waals surface area contributed by atoms with Crippen LogP contribution in [0.3, 0.4) is 0 Å². The van der Waals surface area contributed by atoms with Gasteiger partial charge < -0.3 is 11.1 Å². The lowest BCUT2D eigenvalue weighted by atomic mass is 10.1. The molecule has 1 aromatic heterocycles. The van der Waals surface area contributed by atoms with Crippen molar-refractivity contribution in [1.82, 2.24) is 5.32 Å². The first-order valence-corrected chi connectivity index (χ1v) is 6.13. The van der Waals surface area contributed by atoms with Gasteiger partial charge in [0.2, 0.25) is 0 Å². The van der Waals surface area contributed by atoms with E-state index in [0.29, 0.717) is 6.54 Å². The minimum atomic E-state index is 0.617. The lowest BCUT2D eigenvalue weighted by Crippen LogP contribution is -2.11. The van der Waals surface area contributed by atoms with Gasteiger partial charge in [-0.15, -0.1) is 11.3 Å². The van der Waals surface area contributed by atoms with E-state index in [2.05, 4.69) is 35.8 Å². The Bertz CT molecular complexity index is 448. The molecule has 0 fully saturated rings. The maximum atomic E-state index is 5.65. The summed E-state index contributed by atoms with van der Waals surface area (Å²) in [4.78, 5) is 0. The second-order valence-electron chi connectivity index (χ2n) is 3.58. The molecule has 0 aliphatic rings. The van der Waals surface area contributed by atoms with Crippen LogP contribution in [0.2, 0.25) is 0 Å². The smallest absolute Gasteiger partial charge is 0.0346 e. The molecule has 0 aliphatic carbocycles. The zero-order valence-corrected chi connectivity index (χ0v) is 9.73. The van der Waals surface area contributed by atoms with Crippen LogP contribution < -0.4 is 11.1 Å². The summed E-state index contributed by atoms with van der Waals surface area (Å²) in [7, 11) is 0. The molecule has 0 aliphatic heterocycles. The van der Waals surface area contributed by atoms with Gasteiger partial charge >= 0.3 is 0 Å². The third kappa shape index (κ3) is 2.20. The molecule has 2 nitrogen and oxygen atoms in total. The third-order valence-corrected chi connectivity index (χ3v) is 3.53. The molecule has 0 unspecified atom stereocenters. The van der Waals surface area contributed by atoms with Crippen molar-refractivity contribution in [3.63, 3.8) is 0 Å². The molecule has 80 valence electrons. The highest BCUT2D eigenvalue weighted by molar-refractivity contribution is 7.17. The van der Waals surface area contributed by atoms with E-state index in [-0.39, 0.29) is 0 Å². The SMILES string of the molecule is CCNCc1csc2ccc(CN)cc12. The van der Waals surface area contributed by atoms with Crippen LogP contribution in [0, 0.1) is 0 Å². The fraction of sp³-hybridized carbons (Fsp3) is 0.333. The van der Waals surface area contributed by atoms with Crippen LogP contribution in [0.25, 0.3) is 10.1 Å². The Hall–Kier alpha value is -0.900. The average molecular weight is 220 g/mol. The van der Waals surface area contributed by atoms with Crippen LogP contribution in [0.4, 0.5) is 0 Å². The summed E-state index contributed by atoms with van der Waals surface area (Å²) >= 11 is 1.80. The van der Waals surface area contributed by atoms with E-state index >= 15 is 0 Å². The van der Waals surface area contributed by atoms with Gasteiger partial charge in [0.05, 0.1) is 0 Å². The van der Waals surface area contributed by atoms with Gasteiger partial charge in [0, 0.05) is 17.8 Å². The molecule has 2 aromatic rings. The Morgan fingerprint density at radius 2 is 2.27 bits per heavy atom. The number of hydrogen-bond acceptors (Lipinski definition) is 3. The van der Waals surface area contributed by atoms with Crippen molar-refractivity contribution in [3.8, 4) is 0 Å². The summed E-state index contributed by atoms with van der Waals surface area (Å²) in [5, 5.41) is 6.94. The molecule has 0 saturated carbocycles. The lowest BCUT2D eigenvalue weighted by Gasteiger charge is -2.01. The molecule has 0 amide bonds. The van der Waals surface area contributed by atoms with Gasteiger partial charge in [-0.25, -0.2) is 0 Å². The predicted molar refractivity (Wildman–Crippen MR) is 67.1 cm³/mol. The Morgan fingerprint density at radius 1 is 1.40 bits per heavy atom. The number of nitrogens with two attached hydrogens (primary N) is 1. The molecule has 0 spiro atoms. The van der Waals surface area contributed by atoms with Crippen molar-refractivity contribution in [2.24, 2.45) is 5.73 Å². The largest absolute Gasteiger partial charge is 0.326 e. The van der Waals surface area contributed by atoms with Gasteiger partial charge in [-0.2, -0.15) is 0 Å². The normalized spacial score (nSPS) is 11.1. The van der Waals surface area contributed by atoms with Gasteiger partial charge in [-0.05, 0) is 40.6 Å². The van der Waals surface area contributed by atoms with Crippen LogP contribution >= 0.6 is 11.3 Å². The molecule has 0 radical (unpaired) electrons. The summed E-state index contributed by atoms with van der Waals surface area (Å²) < 4.78 is 1.35. The maximum absolute atomic E-state index is 5.65. The van der Waals surface area contributed by atoms with Crippen LogP contribution in [0.5, 0.6) is 0 Å². The molecule has 0 saturated heterocycles. The van der Waals surface area contributed by atoms with E-state index in [1.807, 2.05) is 0 Å². The van der Waals surface area contributed by atoms with E-state index in [1.54, 1.807) is 11.3 Å². The predicted octanol–water partition coefficient (Wildman–Crippen LogP) is 2.47. The Kier molecular flexibility index (Phi) is 3.36. The van der Waals surface area contributed by atoms with Crippen molar-refractivity contribution in [2.45, 2.75) is 20.0 Å². The average Bonchev–Trinajstić information content (AvgIpc) is 2.68. The summed E-state index contributed by atoms with van der Waals surface area (Å²) in [6.07, 6.45) is 0. The molecule has 2 rings (SSSR count). The minimum absolute atomic E-state index is 0.617. The molecule has 1 aromatic carbocycles. The van der Waals surface area contributed by atoms with E-state index in [4.69, 9.17) is 5.73 Å². The number of fused-ring (bicyclic) bond motifs is 1. The van der Waals surface area contributed by atoms with Gasteiger partial charge in [0.15, 0.2) is 0 Å². The maximum Gasteiger partial charge on any atom is 0.0346 e. The quantitative estimate of drug-likeness (QED) is 0.830. The fourth-order valence-corrected chi connectivity index (χ4v) is 2.60. The molecular formula is C12H16N2S. The van der Waals surface area contributed by atoms with Crippen molar-refractivity contribution in [2.75, 3.05) is 6.54 Å². The lowest BCUT2D eigenvalue weighted by molar-refractivity contribution is 0.732. The third-order valence-electron chi connectivity index (χ3n) is 2.52. The van der Waals surface area contributed by atoms with Gasteiger partial charge in [-0.3, -0.25) is 0 Å². The highest BCUT2D eigenvalue weighted by Crippen LogP contribution is 2.26. The number of thiophene rings is 1. The van der Waals surface area contributed by atoms with E-state index in [0.717, 1.165) is 13.1 Å². The van der Waals surface area contributed by atoms with Crippen molar-refractivity contribution >= 4 is 21.4 Å². The molecule has 1 heterocycles. The summed E-state index contributed by atoms with van der Waals surface area (Å²) in [6, 6.07) is 6.48. The number of rotatable bonds is 4. The van der Waals surface area contributed by atoms with Crippen molar-refractivity contribution in [1.29, 1.82) is 0 Å². The Labute approximate surface area is 94.1 Å². The second-order valence-corrected chi connectivity index (χ2v) is 4.49. The van der Waals surface area contributed by atoms with Crippen LogP contribution in [-0.4, -0.2) is 6.54 Å². The van der Waals surface area contributed by atoms with Gasteiger partial charge in [0.1, 0.15) is 0 Å². The number of benzene rings is 1. The van der Waals surface area contributed by atoms with Crippen LogP contribution in [0.15, 0.2) is 23.6 Å². The standard InChI is InChI=1S/C12H16N2S/c1-2-14-7-10-8-15-12-4-3-9(6-13)5-11(10)12/h3-5,8,14H,2,6-7,13H2,1H3. The zero-order valence-electron chi connectivity index (χ0n) is 8.92. The molecule has 15 heavy (non-hydrogen) atoms. The summed E-state index contributed by atoms with van der Waals surface area (Å²) in [5.74, 6) is 0. The van der Waals surface area contributed by atoms with Crippen molar-refractivity contribution < 1.29 is 0 Å². The minimum Gasteiger partial charge on any atom is -0.326 e. The van der Waals surface area contributed by atoms with E-state index in [1.165, 1.54) is 21.2 Å². The summed E-state index contributed by atoms with van der Waals surface area (Å²) in [6.45, 7) is 4.70. The fourth-order valence-electron chi connectivity index (χ4n) is 1.65. The molecular weight excluding hydrogens is 204 g/mol. The molecule has 3 N–H and O–H groups in total.